The first-order valence-electron chi connectivity index (χ1n) is 9.69. The zero-order valence-corrected chi connectivity index (χ0v) is 16.8. The van der Waals surface area contributed by atoms with Crippen molar-refractivity contribution in [3.05, 3.63) is 58.8 Å². The molecule has 0 spiro atoms. The van der Waals surface area contributed by atoms with Crippen molar-refractivity contribution >= 4 is 11.7 Å². The highest BCUT2D eigenvalue weighted by molar-refractivity contribution is 5.78. The standard InChI is InChI=1S/C22H30N4O/c1-16-13-18(3)20(14-17(16)2)19(4)24-22(27)15-25-9-11-26(12-10-25)21-7-5-6-8-23-21/h5-8,13-14,19H,9-12,15H2,1-4H3,(H,24,27)/t19-/m1/s1. The molecule has 3 rings (SSSR count). The lowest BCUT2D eigenvalue weighted by molar-refractivity contribution is -0.123. The van der Waals surface area contributed by atoms with Crippen molar-refractivity contribution in [2.75, 3.05) is 37.6 Å². The molecule has 27 heavy (non-hydrogen) atoms. The fourth-order valence-corrected chi connectivity index (χ4v) is 3.69. The maximum Gasteiger partial charge on any atom is 0.234 e. The Bertz CT molecular complexity index is 782. The van der Waals surface area contributed by atoms with Crippen molar-refractivity contribution in [2.45, 2.75) is 33.7 Å². The van der Waals surface area contributed by atoms with Crippen molar-refractivity contribution in [2.24, 2.45) is 0 Å². The Morgan fingerprint density at radius 1 is 1.07 bits per heavy atom. The average Bonchev–Trinajstić information content (AvgIpc) is 2.66. The highest BCUT2D eigenvalue weighted by Gasteiger charge is 2.21. The molecule has 5 heteroatoms. The number of anilines is 1. The Morgan fingerprint density at radius 3 is 2.44 bits per heavy atom. The van der Waals surface area contributed by atoms with E-state index in [9.17, 15) is 4.79 Å². The highest BCUT2D eigenvalue weighted by Crippen LogP contribution is 2.21. The van der Waals surface area contributed by atoms with Gasteiger partial charge in [0.05, 0.1) is 12.6 Å². The summed E-state index contributed by atoms with van der Waals surface area (Å²) in [4.78, 5) is 21.4. The van der Waals surface area contributed by atoms with Gasteiger partial charge in [-0.2, -0.15) is 0 Å². The van der Waals surface area contributed by atoms with E-state index in [1.54, 1.807) is 0 Å². The van der Waals surface area contributed by atoms with Crippen LogP contribution in [0.4, 0.5) is 5.82 Å². The van der Waals surface area contributed by atoms with E-state index in [1.807, 2.05) is 24.4 Å². The van der Waals surface area contributed by atoms with Gasteiger partial charge in [-0.05, 0) is 62.1 Å². The predicted molar refractivity (Wildman–Crippen MR) is 110 cm³/mol. The Balaban J connectivity index is 1.51. The monoisotopic (exact) mass is 366 g/mol. The third kappa shape index (κ3) is 4.86. The van der Waals surface area contributed by atoms with Crippen LogP contribution in [0.3, 0.4) is 0 Å². The molecular formula is C22H30N4O. The number of hydrogen-bond donors (Lipinski definition) is 1. The molecule has 1 atom stereocenters. The molecule has 1 aliphatic rings. The number of pyridine rings is 1. The maximum absolute atomic E-state index is 12.5. The number of aromatic nitrogens is 1. The van der Waals surface area contributed by atoms with E-state index in [0.717, 1.165) is 32.0 Å². The number of nitrogens with one attached hydrogen (secondary N) is 1. The van der Waals surface area contributed by atoms with Gasteiger partial charge in [-0.1, -0.05) is 18.2 Å². The summed E-state index contributed by atoms with van der Waals surface area (Å²) in [7, 11) is 0. The summed E-state index contributed by atoms with van der Waals surface area (Å²) in [5.74, 6) is 1.10. The van der Waals surface area contributed by atoms with Crippen LogP contribution in [0, 0.1) is 20.8 Å². The first kappa shape index (κ1) is 19.4. The van der Waals surface area contributed by atoms with Crippen molar-refractivity contribution in [3.63, 3.8) is 0 Å². The first-order valence-corrected chi connectivity index (χ1v) is 9.69. The molecular weight excluding hydrogens is 336 g/mol. The molecule has 0 aliphatic carbocycles. The predicted octanol–water partition coefficient (Wildman–Crippen LogP) is 3.01. The topological polar surface area (TPSA) is 48.5 Å². The molecule has 1 aromatic heterocycles. The van der Waals surface area contributed by atoms with Gasteiger partial charge in [0.15, 0.2) is 0 Å². The lowest BCUT2D eigenvalue weighted by atomic mass is 9.96. The van der Waals surface area contributed by atoms with Crippen molar-refractivity contribution in [1.82, 2.24) is 15.2 Å². The first-order chi connectivity index (χ1) is 12.9. The number of nitrogens with zero attached hydrogens (tertiary/aromatic N) is 3. The molecule has 1 saturated heterocycles. The second-order valence-corrected chi connectivity index (χ2v) is 7.53. The van der Waals surface area contributed by atoms with E-state index in [1.165, 1.54) is 22.3 Å². The second kappa shape index (κ2) is 8.53. The SMILES string of the molecule is Cc1cc(C)c([C@@H](C)NC(=O)CN2CCN(c3ccccn3)CC2)cc1C. The Morgan fingerprint density at radius 2 is 1.78 bits per heavy atom. The van der Waals surface area contributed by atoms with Gasteiger partial charge in [0, 0.05) is 32.4 Å². The Labute approximate surface area is 162 Å². The number of aryl methyl sites for hydroxylation is 3. The summed E-state index contributed by atoms with van der Waals surface area (Å²) < 4.78 is 0. The number of rotatable bonds is 5. The van der Waals surface area contributed by atoms with Crippen LogP contribution in [-0.2, 0) is 4.79 Å². The van der Waals surface area contributed by atoms with Crippen LogP contribution >= 0.6 is 0 Å². The summed E-state index contributed by atoms with van der Waals surface area (Å²) in [6.45, 7) is 12.4. The van der Waals surface area contributed by atoms with Crippen molar-refractivity contribution < 1.29 is 4.79 Å². The van der Waals surface area contributed by atoms with E-state index in [4.69, 9.17) is 0 Å². The smallest absolute Gasteiger partial charge is 0.234 e. The normalized spacial score (nSPS) is 16.2. The van der Waals surface area contributed by atoms with Crippen LogP contribution in [0.25, 0.3) is 0 Å². The van der Waals surface area contributed by atoms with Crippen molar-refractivity contribution in [3.8, 4) is 0 Å². The summed E-state index contributed by atoms with van der Waals surface area (Å²) >= 11 is 0. The molecule has 2 heterocycles. The number of amides is 1. The molecule has 1 N–H and O–H groups in total. The Hall–Kier alpha value is -2.40. The van der Waals surface area contributed by atoms with Crippen LogP contribution in [-0.4, -0.2) is 48.5 Å². The van der Waals surface area contributed by atoms with E-state index in [0.29, 0.717) is 6.54 Å². The third-order valence-electron chi connectivity index (χ3n) is 5.44. The fraction of sp³-hybridized carbons (Fsp3) is 0.455. The largest absolute Gasteiger partial charge is 0.354 e. The van der Waals surface area contributed by atoms with Crippen molar-refractivity contribution in [1.29, 1.82) is 0 Å². The van der Waals surface area contributed by atoms with Gasteiger partial charge in [-0.3, -0.25) is 9.69 Å². The number of piperazine rings is 1. The summed E-state index contributed by atoms with van der Waals surface area (Å²) in [6, 6.07) is 10.4. The third-order valence-corrected chi connectivity index (χ3v) is 5.44. The molecule has 1 fully saturated rings. The second-order valence-electron chi connectivity index (χ2n) is 7.53. The molecule has 1 amide bonds. The molecule has 5 nitrogen and oxygen atoms in total. The van der Waals surface area contributed by atoms with Crippen LogP contribution in [0.5, 0.6) is 0 Å². The van der Waals surface area contributed by atoms with Gasteiger partial charge in [-0.25, -0.2) is 4.98 Å². The molecule has 0 bridgehead atoms. The number of carbonyl (C=O) groups excluding carboxylic acids is 1. The summed E-state index contributed by atoms with van der Waals surface area (Å²) in [5, 5.41) is 3.17. The maximum atomic E-state index is 12.5. The van der Waals surface area contributed by atoms with E-state index >= 15 is 0 Å². The van der Waals surface area contributed by atoms with Crippen LogP contribution in [0.1, 0.15) is 35.2 Å². The fourth-order valence-electron chi connectivity index (χ4n) is 3.69. The van der Waals surface area contributed by atoms with E-state index in [-0.39, 0.29) is 11.9 Å². The van der Waals surface area contributed by atoms with Gasteiger partial charge in [0.1, 0.15) is 5.82 Å². The number of benzene rings is 1. The van der Waals surface area contributed by atoms with E-state index < -0.39 is 0 Å². The molecule has 1 aromatic carbocycles. The molecule has 0 radical (unpaired) electrons. The highest BCUT2D eigenvalue weighted by atomic mass is 16.2. The zero-order valence-electron chi connectivity index (χ0n) is 16.8. The Kier molecular flexibility index (Phi) is 6.11. The van der Waals surface area contributed by atoms with Crippen LogP contribution in [0.2, 0.25) is 0 Å². The van der Waals surface area contributed by atoms with Gasteiger partial charge in [0.25, 0.3) is 0 Å². The molecule has 0 saturated carbocycles. The average molecular weight is 367 g/mol. The molecule has 1 aliphatic heterocycles. The van der Waals surface area contributed by atoms with Gasteiger partial charge in [-0.15, -0.1) is 0 Å². The minimum absolute atomic E-state index is 0.0200. The van der Waals surface area contributed by atoms with E-state index in [2.05, 4.69) is 59.9 Å². The zero-order chi connectivity index (χ0) is 19.4. The summed E-state index contributed by atoms with van der Waals surface area (Å²) in [5.41, 5.74) is 4.99. The molecule has 2 aromatic rings. The van der Waals surface area contributed by atoms with Gasteiger partial charge in [0.2, 0.25) is 5.91 Å². The van der Waals surface area contributed by atoms with Gasteiger partial charge >= 0.3 is 0 Å². The van der Waals surface area contributed by atoms with Crippen LogP contribution in [0.15, 0.2) is 36.5 Å². The molecule has 144 valence electrons. The quantitative estimate of drug-likeness (QED) is 0.884. The number of carbonyl (C=O) groups is 1. The summed E-state index contributed by atoms with van der Waals surface area (Å²) in [6.07, 6.45) is 1.82. The molecule has 0 unspecified atom stereocenters. The lowest BCUT2D eigenvalue weighted by Crippen LogP contribution is -2.49. The number of hydrogen-bond acceptors (Lipinski definition) is 4. The minimum Gasteiger partial charge on any atom is -0.354 e. The lowest BCUT2D eigenvalue weighted by Gasteiger charge is -2.35. The minimum atomic E-state index is 0.0200. The van der Waals surface area contributed by atoms with Crippen LogP contribution < -0.4 is 10.2 Å². The van der Waals surface area contributed by atoms with Gasteiger partial charge < -0.3 is 10.2 Å².